The highest BCUT2D eigenvalue weighted by atomic mass is 35.5. The zero-order chi connectivity index (χ0) is 11.9. The number of aliphatic carboxylic acids is 1. The van der Waals surface area contributed by atoms with Crippen molar-refractivity contribution in [2.24, 2.45) is 0 Å². The number of phenols is 1. The highest BCUT2D eigenvalue weighted by Gasteiger charge is 2.53. The van der Waals surface area contributed by atoms with Crippen molar-refractivity contribution in [1.82, 2.24) is 0 Å². The highest BCUT2D eigenvalue weighted by molar-refractivity contribution is 6.33. The number of carboxylic acid groups (broad SMARTS) is 1. The second-order valence-corrected chi connectivity index (χ2v) is 4.24. The molecule has 86 valence electrons. The summed E-state index contributed by atoms with van der Waals surface area (Å²) in [6.45, 7) is 0. The smallest absolute Gasteiger partial charge is 0.314 e. The van der Waals surface area contributed by atoms with Crippen LogP contribution < -0.4 is 4.74 Å². The molecule has 1 aliphatic carbocycles. The van der Waals surface area contributed by atoms with Crippen molar-refractivity contribution in [2.75, 3.05) is 7.11 Å². The minimum Gasteiger partial charge on any atom is -0.506 e. The van der Waals surface area contributed by atoms with Crippen LogP contribution >= 0.6 is 11.6 Å². The number of methoxy groups -OCH3 is 1. The number of halogens is 1. The Labute approximate surface area is 97.4 Å². The van der Waals surface area contributed by atoms with Gasteiger partial charge >= 0.3 is 5.97 Å². The van der Waals surface area contributed by atoms with Crippen molar-refractivity contribution in [3.05, 3.63) is 22.7 Å². The number of ether oxygens (including phenoxy) is 1. The van der Waals surface area contributed by atoms with E-state index in [0.29, 0.717) is 18.4 Å². The Kier molecular flexibility index (Phi) is 2.46. The largest absolute Gasteiger partial charge is 0.506 e. The van der Waals surface area contributed by atoms with E-state index in [2.05, 4.69) is 0 Å². The molecule has 1 fully saturated rings. The molecule has 2 N–H and O–H groups in total. The van der Waals surface area contributed by atoms with Crippen molar-refractivity contribution in [3.63, 3.8) is 0 Å². The number of carbonyl (C=O) groups is 1. The molecule has 2 rings (SSSR count). The quantitative estimate of drug-likeness (QED) is 0.853. The lowest BCUT2D eigenvalue weighted by atomic mass is 9.95. The maximum absolute atomic E-state index is 11.2. The number of carboxylic acids is 1. The molecule has 0 aliphatic heterocycles. The van der Waals surface area contributed by atoms with Gasteiger partial charge in [0.25, 0.3) is 0 Å². The second kappa shape index (κ2) is 3.56. The molecule has 1 aromatic carbocycles. The molecule has 0 unspecified atom stereocenters. The number of hydrogen-bond donors (Lipinski definition) is 2. The van der Waals surface area contributed by atoms with Crippen LogP contribution in [0.2, 0.25) is 5.02 Å². The zero-order valence-electron chi connectivity index (χ0n) is 8.66. The second-order valence-electron chi connectivity index (χ2n) is 3.87. The molecule has 0 amide bonds. The van der Waals surface area contributed by atoms with Gasteiger partial charge in [-0.3, -0.25) is 4.79 Å². The highest BCUT2D eigenvalue weighted by Crippen LogP contribution is 2.54. The maximum atomic E-state index is 11.2. The van der Waals surface area contributed by atoms with Crippen LogP contribution in [0, 0.1) is 0 Å². The summed E-state index contributed by atoms with van der Waals surface area (Å²) in [5.74, 6) is -0.738. The third-order valence-electron chi connectivity index (χ3n) is 2.96. The van der Waals surface area contributed by atoms with Gasteiger partial charge in [0.05, 0.1) is 12.5 Å². The third kappa shape index (κ3) is 1.41. The summed E-state index contributed by atoms with van der Waals surface area (Å²) in [6.07, 6.45) is 1.14. The average Bonchev–Trinajstić information content (AvgIpc) is 3.02. The van der Waals surface area contributed by atoms with Gasteiger partial charge in [-0.25, -0.2) is 0 Å². The molecule has 0 spiro atoms. The summed E-state index contributed by atoms with van der Waals surface area (Å²) in [7, 11) is 1.40. The van der Waals surface area contributed by atoms with Gasteiger partial charge in [0.2, 0.25) is 0 Å². The van der Waals surface area contributed by atoms with Crippen LogP contribution in [0.4, 0.5) is 0 Å². The molecular formula is C11H11ClO4. The first kappa shape index (κ1) is 11.1. The van der Waals surface area contributed by atoms with Crippen LogP contribution in [0.5, 0.6) is 11.5 Å². The molecule has 1 saturated carbocycles. The summed E-state index contributed by atoms with van der Waals surface area (Å²) < 4.78 is 5.08. The molecule has 4 nitrogen and oxygen atoms in total. The van der Waals surface area contributed by atoms with Crippen molar-refractivity contribution < 1.29 is 19.7 Å². The first-order valence-electron chi connectivity index (χ1n) is 4.82. The Hall–Kier alpha value is -1.42. The predicted octanol–water partition coefficient (Wildman–Crippen LogP) is 2.17. The van der Waals surface area contributed by atoms with Crippen LogP contribution in [-0.4, -0.2) is 23.3 Å². The average molecular weight is 243 g/mol. The SMILES string of the molecule is COc1c(C2(C(=O)O)CC2)ccc(O)c1Cl. The first-order valence-corrected chi connectivity index (χ1v) is 5.20. The van der Waals surface area contributed by atoms with E-state index in [-0.39, 0.29) is 16.5 Å². The van der Waals surface area contributed by atoms with Crippen molar-refractivity contribution in [2.45, 2.75) is 18.3 Å². The van der Waals surface area contributed by atoms with Gasteiger partial charge in [0.1, 0.15) is 16.5 Å². The zero-order valence-corrected chi connectivity index (χ0v) is 9.41. The Bertz CT molecular complexity index is 452. The van der Waals surface area contributed by atoms with Gasteiger partial charge in [0, 0.05) is 5.56 Å². The van der Waals surface area contributed by atoms with E-state index in [4.69, 9.17) is 16.3 Å². The molecule has 1 aromatic rings. The van der Waals surface area contributed by atoms with Gasteiger partial charge < -0.3 is 14.9 Å². The van der Waals surface area contributed by atoms with E-state index in [1.165, 1.54) is 13.2 Å². The summed E-state index contributed by atoms with van der Waals surface area (Å²) in [5.41, 5.74) is -0.354. The molecular weight excluding hydrogens is 232 g/mol. The van der Waals surface area contributed by atoms with Gasteiger partial charge in [-0.1, -0.05) is 17.7 Å². The number of hydrogen-bond acceptors (Lipinski definition) is 3. The van der Waals surface area contributed by atoms with Crippen LogP contribution in [0.15, 0.2) is 12.1 Å². The molecule has 16 heavy (non-hydrogen) atoms. The Morgan fingerprint density at radius 2 is 2.12 bits per heavy atom. The van der Waals surface area contributed by atoms with Crippen LogP contribution in [0.1, 0.15) is 18.4 Å². The lowest BCUT2D eigenvalue weighted by molar-refractivity contribution is -0.140. The van der Waals surface area contributed by atoms with Crippen LogP contribution in [0.25, 0.3) is 0 Å². The van der Waals surface area contributed by atoms with Crippen molar-refractivity contribution >= 4 is 17.6 Å². The molecule has 5 heteroatoms. The van der Waals surface area contributed by atoms with E-state index in [1.807, 2.05) is 0 Å². The summed E-state index contributed by atoms with van der Waals surface area (Å²) >= 11 is 5.87. The number of aromatic hydroxyl groups is 1. The molecule has 1 aliphatic rings. The van der Waals surface area contributed by atoms with Crippen molar-refractivity contribution in [3.8, 4) is 11.5 Å². The van der Waals surface area contributed by atoms with E-state index in [0.717, 1.165) is 0 Å². The Balaban J connectivity index is 2.58. The van der Waals surface area contributed by atoms with Gasteiger partial charge in [-0.05, 0) is 18.9 Å². The molecule has 0 atom stereocenters. The minimum atomic E-state index is -0.886. The van der Waals surface area contributed by atoms with Gasteiger partial charge in [-0.15, -0.1) is 0 Å². The van der Waals surface area contributed by atoms with E-state index < -0.39 is 11.4 Å². The van der Waals surface area contributed by atoms with Gasteiger partial charge in [0.15, 0.2) is 0 Å². The molecule has 0 radical (unpaired) electrons. The van der Waals surface area contributed by atoms with Crippen LogP contribution in [0.3, 0.4) is 0 Å². The van der Waals surface area contributed by atoms with E-state index in [1.54, 1.807) is 6.07 Å². The minimum absolute atomic E-state index is 0.0625. The normalized spacial score (nSPS) is 16.9. The lowest BCUT2D eigenvalue weighted by Crippen LogP contribution is -2.20. The van der Waals surface area contributed by atoms with E-state index >= 15 is 0 Å². The first-order chi connectivity index (χ1) is 7.53. The molecule has 0 aromatic heterocycles. The lowest BCUT2D eigenvalue weighted by Gasteiger charge is -2.16. The summed E-state index contributed by atoms with van der Waals surface area (Å²) in [4.78, 5) is 11.2. The Morgan fingerprint density at radius 1 is 1.50 bits per heavy atom. The Morgan fingerprint density at radius 3 is 2.56 bits per heavy atom. The maximum Gasteiger partial charge on any atom is 0.314 e. The molecule has 0 bridgehead atoms. The summed E-state index contributed by atoms with van der Waals surface area (Å²) in [5, 5.41) is 18.7. The van der Waals surface area contributed by atoms with Crippen LogP contribution in [-0.2, 0) is 10.2 Å². The number of rotatable bonds is 3. The monoisotopic (exact) mass is 242 g/mol. The molecule has 0 saturated heterocycles. The fourth-order valence-electron chi connectivity index (χ4n) is 1.85. The van der Waals surface area contributed by atoms with Gasteiger partial charge in [-0.2, -0.15) is 0 Å². The topological polar surface area (TPSA) is 66.8 Å². The fourth-order valence-corrected chi connectivity index (χ4v) is 2.09. The van der Waals surface area contributed by atoms with Crippen molar-refractivity contribution in [1.29, 1.82) is 0 Å². The standard InChI is InChI=1S/C11H11ClO4/c1-16-9-6(2-3-7(13)8(9)12)11(4-5-11)10(14)15/h2-3,13H,4-5H2,1H3,(H,14,15). The number of phenolic OH excluding ortho intramolecular Hbond substituents is 1. The fraction of sp³-hybridized carbons (Fsp3) is 0.364. The predicted molar refractivity (Wildman–Crippen MR) is 58.2 cm³/mol. The van der Waals surface area contributed by atoms with E-state index in [9.17, 15) is 15.0 Å². The molecule has 0 heterocycles. The number of benzene rings is 1. The summed E-state index contributed by atoms with van der Waals surface area (Å²) in [6, 6.07) is 2.95. The third-order valence-corrected chi connectivity index (χ3v) is 3.32.